The highest BCUT2D eigenvalue weighted by molar-refractivity contribution is 5.53. The largest absolute Gasteiger partial charge is 0.306 e. The molecule has 0 bridgehead atoms. The Balaban J connectivity index is 2.26. The van der Waals surface area contributed by atoms with Crippen molar-refractivity contribution in [1.82, 2.24) is 9.55 Å². The molecule has 0 aliphatic rings. The molecule has 0 saturated carbocycles. The van der Waals surface area contributed by atoms with Crippen LogP contribution in [-0.4, -0.2) is 9.55 Å². The lowest BCUT2D eigenvalue weighted by atomic mass is 10.2. The van der Waals surface area contributed by atoms with Crippen molar-refractivity contribution in [3.63, 3.8) is 0 Å². The first kappa shape index (κ1) is 9.22. The minimum Gasteiger partial charge on any atom is -0.306 e. The molecule has 0 atom stereocenters. The van der Waals surface area contributed by atoms with Crippen molar-refractivity contribution in [3.8, 4) is 11.8 Å². The summed E-state index contributed by atoms with van der Waals surface area (Å²) in [5, 5.41) is 8.38. The van der Waals surface area contributed by atoms with E-state index in [9.17, 15) is 0 Å². The van der Waals surface area contributed by atoms with Crippen molar-refractivity contribution in [2.75, 3.05) is 0 Å². The minimum atomic E-state index is 1.01. The number of hydrogen-bond donors (Lipinski definition) is 0. The van der Waals surface area contributed by atoms with Gasteiger partial charge in [-0.25, -0.2) is 4.98 Å². The highest BCUT2D eigenvalue weighted by atomic mass is 15.0. The molecule has 3 nitrogen and oxygen atoms in total. The average Bonchev–Trinajstić information content (AvgIpc) is 2.80. The minimum absolute atomic E-state index is 1.01. The van der Waals surface area contributed by atoms with Crippen molar-refractivity contribution >= 4 is 6.08 Å². The van der Waals surface area contributed by atoms with Gasteiger partial charge >= 0.3 is 0 Å². The lowest BCUT2D eigenvalue weighted by molar-refractivity contribution is 1.06. The van der Waals surface area contributed by atoms with E-state index in [2.05, 4.69) is 4.98 Å². The van der Waals surface area contributed by atoms with Gasteiger partial charge in [0, 0.05) is 24.2 Å². The van der Waals surface area contributed by atoms with Crippen LogP contribution < -0.4 is 0 Å². The van der Waals surface area contributed by atoms with E-state index in [0.717, 1.165) is 11.3 Å². The van der Waals surface area contributed by atoms with Gasteiger partial charge in [0.1, 0.15) is 0 Å². The normalized spacial score (nSPS) is 10.3. The van der Waals surface area contributed by atoms with Crippen molar-refractivity contribution in [3.05, 3.63) is 54.6 Å². The number of nitrogens with zero attached hydrogens (tertiary/aromatic N) is 3. The average molecular weight is 195 g/mol. The Morgan fingerprint density at radius 2 is 2.07 bits per heavy atom. The predicted molar refractivity (Wildman–Crippen MR) is 58.2 cm³/mol. The smallest absolute Gasteiger partial charge is 0.0991 e. The number of rotatable bonds is 2. The van der Waals surface area contributed by atoms with Gasteiger partial charge in [-0.1, -0.05) is 12.1 Å². The zero-order valence-corrected chi connectivity index (χ0v) is 8.04. The molecule has 3 heteroatoms. The molecule has 0 radical (unpaired) electrons. The molecular formula is C12H9N3. The molecule has 1 aromatic carbocycles. The molecule has 2 rings (SSSR count). The maximum atomic E-state index is 8.38. The van der Waals surface area contributed by atoms with Crippen LogP contribution in [0, 0.1) is 11.3 Å². The Morgan fingerprint density at radius 3 is 2.67 bits per heavy atom. The number of aromatic nitrogens is 2. The van der Waals surface area contributed by atoms with Crippen molar-refractivity contribution < 1.29 is 0 Å². The number of benzene rings is 1. The monoisotopic (exact) mass is 195 g/mol. The third-order valence-corrected chi connectivity index (χ3v) is 2.05. The number of imidazole rings is 1. The molecular weight excluding hydrogens is 186 g/mol. The van der Waals surface area contributed by atoms with Gasteiger partial charge in [-0.15, -0.1) is 0 Å². The van der Waals surface area contributed by atoms with Crippen LogP contribution in [0.4, 0.5) is 0 Å². The van der Waals surface area contributed by atoms with Crippen LogP contribution in [0.5, 0.6) is 0 Å². The van der Waals surface area contributed by atoms with E-state index in [1.165, 1.54) is 6.08 Å². The summed E-state index contributed by atoms with van der Waals surface area (Å²) in [5.74, 6) is 0. The zero-order valence-electron chi connectivity index (χ0n) is 8.04. The molecule has 0 unspecified atom stereocenters. The predicted octanol–water partition coefficient (Wildman–Crippen LogP) is 2.41. The highest BCUT2D eigenvalue weighted by Gasteiger charge is 1.93. The summed E-state index contributed by atoms with van der Waals surface area (Å²) < 4.78 is 1.93. The topological polar surface area (TPSA) is 41.6 Å². The number of allylic oxidation sites excluding steroid dienone is 1. The van der Waals surface area contributed by atoms with Crippen LogP contribution in [-0.2, 0) is 0 Å². The maximum Gasteiger partial charge on any atom is 0.0991 e. The van der Waals surface area contributed by atoms with Crippen LogP contribution in [0.15, 0.2) is 49.1 Å². The molecule has 72 valence electrons. The molecule has 0 aliphatic carbocycles. The molecule has 15 heavy (non-hydrogen) atoms. The third kappa shape index (κ3) is 2.12. The lowest BCUT2D eigenvalue weighted by Gasteiger charge is -2.01. The Morgan fingerprint density at radius 1 is 1.27 bits per heavy atom. The highest BCUT2D eigenvalue weighted by Crippen LogP contribution is 2.10. The zero-order chi connectivity index (χ0) is 10.5. The van der Waals surface area contributed by atoms with Crippen molar-refractivity contribution in [1.29, 1.82) is 5.26 Å². The van der Waals surface area contributed by atoms with E-state index in [0.29, 0.717) is 0 Å². The summed E-state index contributed by atoms with van der Waals surface area (Å²) in [6.45, 7) is 0. The first-order valence-corrected chi connectivity index (χ1v) is 4.55. The Labute approximate surface area is 87.9 Å². The summed E-state index contributed by atoms with van der Waals surface area (Å²) in [4.78, 5) is 3.98. The van der Waals surface area contributed by atoms with Gasteiger partial charge in [0.25, 0.3) is 0 Å². The van der Waals surface area contributed by atoms with Gasteiger partial charge < -0.3 is 4.57 Å². The van der Waals surface area contributed by atoms with E-state index in [-0.39, 0.29) is 0 Å². The fraction of sp³-hybridized carbons (Fsp3) is 0. The van der Waals surface area contributed by atoms with Gasteiger partial charge in [-0.2, -0.15) is 5.26 Å². The fourth-order valence-corrected chi connectivity index (χ4v) is 1.30. The summed E-state index contributed by atoms with van der Waals surface area (Å²) >= 11 is 0. The maximum absolute atomic E-state index is 8.38. The number of hydrogen-bond acceptors (Lipinski definition) is 2. The van der Waals surface area contributed by atoms with E-state index in [1.807, 2.05) is 41.1 Å². The summed E-state index contributed by atoms with van der Waals surface area (Å²) in [5.41, 5.74) is 2.07. The first-order chi connectivity index (χ1) is 7.40. The van der Waals surface area contributed by atoms with Crippen molar-refractivity contribution in [2.45, 2.75) is 0 Å². The SMILES string of the molecule is N#CC=Cc1ccc(-n2ccnc2)cc1. The second-order valence-electron chi connectivity index (χ2n) is 3.02. The molecule has 0 N–H and O–H groups in total. The van der Waals surface area contributed by atoms with Gasteiger partial charge in [0.15, 0.2) is 0 Å². The van der Waals surface area contributed by atoms with E-state index >= 15 is 0 Å². The Hall–Kier alpha value is -2.34. The molecule has 0 spiro atoms. The van der Waals surface area contributed by atoms with Crippen LogP contribution in [0.25, 0.3) is 11.8 Å². The van der Waals surface area contributed by atoms with Gasteiger partial charge in [-0.05, 0) is 23.8 Å². The molecule has 1 heterocycles. The molecule has 0 saturated heterocycles. The van der Waals surface area contributed by atoms with Crippen LogP contribution in [0.3, 0.4) is 0 Å². The Kier molecular flexibility index (Phi) is 2.61. The molecule has 0 aliphatic heterocycles. The van der Waals surface area contributed by atoms with E-state index in [1.54, 1.807) is 18.6 Å². The van der Waals surface area contributed by atoms with Gasteiger partial charge in [0.05, 0.1) is 12.4 Å². The Bertz CT molecular complexity index is 487. The number of nitriles is 1. The van der Waals surface area contributed by atoms with Crippen molar-refractivity contribution in [2.24, 2.45) is 0 Å². The second kappa shape index (κ2) is 4.25. The fourth-order valence-electron chi connectivity index (χ4n) is 1.30. The van der Waals surface area contributed by atoms with E-state index in [4.69, 9.17) is 5.26 Å². The molecule has 0 fully saturated rings. The summed E-state index contributed by atoms with van der Waals surface area (Å²) in [7, 11) is 0. The summed E-state index contributed by atoms with van der Waals surface area (Å²) in [6.07, 6.45) is 8.62. The van der Waals surface area contributed by atoms with Crippen LogP contribution in [0.2, 0.25) is 0 Å². The van der Waals surface area contributed by atoms with E-state index < -0.39 is 0 Å². The third-order valence-electron chi connectivity index (χ3n) is 2.05. The van der Waals surface area contributed by atoms with Gasteiger partial charge in [0.2, 0.25) is 0 Å². The quantitative estimate of drug-likeness (QED) is 0.690. The van der Waals surface area contributed by atoms with Crippen LogP contribution in [0.1, 0.15) is 5.56 Å². The second-order valence-corrected chi connectivity index (χ2v) is 3.02. The molecule has 1 aromatic heterocycles. The van der Waals surface area contributed by atoms with Gasteiger partial charge in [-0.3, -0.25) is 0 Å². The van der Waals surface area contributed by atoms with Crippen LogP contribution >= 0.6 is 0 Å². The molecule has 2 aromatic rings. The molecule has 0 amide bonds. The summed E-state index contributed by atoms with van der Waals surface area (Å²) in [6, 6.07) is 9.86. The standard InChI is InChI=1S/C12H9N3/c13-7-1-2-11-3-5-12(6-4-11)15-9-8-14-10-15/h1-6,8-10H. The lowest BCUT2D eigenvalue weighted by Crippen LogP contribution is -1.88. The first-order valence-electron chi connectivity index (χ1n) is 4.55.